The van der Waals surface area contributed by atoms with Crippen molar-refractivity contribution in [3.63, 3.8) is 0 Å². The van der Waals surface area contributed by atoms with Crippen LogP contribution in [-0.2, 0) is 33.2 Å². The SMILES string of the molecule is CCO[C@@H]1OC(C(=O)N2CCOCCOCCOCCOCC2)=C[C@H](c2ccc3c(c2)OCO3)[C@H]1CCCO. The van der Waals surface area contributed by atoms with Crippen molar-refractivity contribution in [3.8, 4) is 11.5 Å². The Balaban J connectivity index is 1.55. The minimum atomic E-state index is -0.647. The number of carbonyl (C=O) groups is 1. The first-order chi connectivity index (χ1) is 19.2. The van der Waals surface area contributed by atoms with E-state index in [1.54, 1.807) is 4.90 Å². The highest BCUT2D eigenvalue weighted by Crippen LogP contribution is 2.43. The van der Waals surface area contributed by atoms with Gasteiger partial charge in [0.2, 0.25) is 13.1 Å². The van der Waals surface area contributed by atoms with Gasteiger partial charge in [-0.15, -0.1) is 0 Å². The number of amides is 1. The van der Waals surface area contributed by atoms with Crippen molar-refractivity contribution >= 4 is 5.91 Å². The summed E-state index contributed by atoms with van der Waals surface area (Å²) in [5, 5.41) is 9.55. The highest BCUT2D eigenvalue weighted by Gasteiger charge is 2.39. The average molecular weight is 552 g/mol. The summed E-state index contributed by atoms with van der Waals surface area (Å²) in [6.07, 6.45) is 2.47. The van der Waals surface area contributed by atoms with Crippen LogP contribution in [0, 0.1) is 5.92 Å². The molecule has 11 heteroatoms. The molecule has 3 atom stereocenters. The Morgan fingerprint density at radius 2 is 1.59 bits per heavy atom. The molecule has 0 aliphatic carbocycles. The van der Waals surface area contributed by atoms with Crippen LogP contribution in [0.15, 0.2) is 30.0 Å². The number of aliphatic hydroxyl groups excluding tert-OH is 1. The molecule has 0 radical (unpaired) electrons. The van der Waals surface area contributed by atoms with E-state index in [9.17, 15) is 9.90 Å². The highest BCUT2D eigenvalue weighted by molar-refractivity contribution is 5.91. The molecule has 0 saturated carbocycles. The van der Waals surface area contributed by atoms with Gasteiger partial charge >= 0.3 is 0 Å². The van der Waals surface area contributed by atoms with E-state index in [4.69, 9.17) is 37.9 Å². The van der Waals surface area contributed by atoms with E-state index >= 15 is 0 Å². The maximum absolute atomic E-state index is 13.8. The Labute approximate surface area is 229 Å². The molecule has 3 aliphatic heterocycles. The van der Waals surface area contributed by atoms with Gasteiger partial charge < -0.3 is 47.9 Å². The van der Waals surface area contributed by atoms with Crippen molar-refractivity contribution in [1.29, 1.82) is 0 Å². The Morgan fingerprint density at radius 3 is 2.23 bits per heavy atom. The molecule has 39 heavy (non-hydrogen) atoms. The topological polar surface area (TPSA) is 114 Å². The monoisotopic (exact) mass is 551 g/mol. The minimum Gasteiger partial charge on any atom is -0.459 e. The number of fused-ring (bicyclic) bond motifs is 1. The third-order valence-electron chi connectivity index (χ3n) is 6.82. The second-order valence-electron chi connectivity index (χ2n) is 9.38. The normalized spacial score (nSPS) is 25.2. The van der Waals surface area contributed by atoms with Crippen molar-refractivity contribution in [2.24, 2.45) is 5.92 Å². The van der Waals surface area contributed by atoms with Crippen LogP contribution in [0.5, 0.6) is 11.5 Å². The van der Waals surface area contributed by atoms with Gasteiger partial charge in [-0.1, -0.05) is 6.07 Å². The molecule has 1 aromatic carbocycles. The van der Waals surface area contributed by atoms with E-state index < -0.39 is 6.29 Å². The number of allylic oxidation sites excluding steroid dienone is 1. The average Bonchev–Trinajstić information content (AvgIpc) is 3.42. The first kappa shape index (κ1) is 29.6. The molecular weight excluding hydrogens is 510 g/mol. The molecule has 1 saturated heterocycles. The summed E-state index contributed by atoms with van der Waals surface area (Å²) in [5.74, 6) is 1.03. The van der Waals surface area contributed by atoms with Crippen molar-refractivity contribution < 1.29 is 47.8 Å². The lowest BCUT2D eigenvalue weighted by Gasteiger charge is -2.38. The molecule has 11 nitrogen and oxygen atoms in total. The zero-order valence-electron chi connectivity index (χ0n) is 22.7. The summed E-state index contributed by atoms with van der Waals surface area (Å²) < 4.78 is 45.7. The number of carbonyl (C=O) groups excluding carboxylic acids is 1. The largest absolute Gasteiger partial charge is 0.459 e. The maximum Gasteiger partial charge on any atom is 0.288 e. The van der Waals surface area contributed by atoms with Crippen LogP contribution in [0.25, 0.3) is 0 Å². The third-order valence-corrected chi connectivity index (χ3v) is 6.82. The molecule has 0 spiro atoms. The number of hydrogen-bond acceptors (Lipinski definition) is 10. The Kier molecular flexibility index (Phi) is 12.1. The van der Waals surface area contributed by atoms with Gasteiger partial charge in [-0.2, -0.15) is 0 Å². The van der Waals surface area contributed by atoms with Crippen LogP contribution in [0.2, 0.25) is 0 Å². The molecule has 218 valence electrons. The molecule has 0 unspecified atom stereocenters. The first-order valence-corrected chi connectivity index (χ1v) is 13.8. The lowest BCUT2D eigenvalue weighted by Crippen LogP contribution is -2.42. The molecule has 0 bridgehead atoms. The van der Waals surface area contributed by atoms with E-state index in [1.165, 1.54) is 0 Å². The predicted molar refractivity (Wildman–Crippen MR) is 140 cm³/mol. The summed E-state index contributed by atoms with van der Waals surface area (Å²) in [6, 6.07) is 5.81. The van der Waals surface area contributed by atoms with E-state index in [1.807, 2.05) is 31.2 Å². The molecule has 4 rings (SSSR count). The summed E-state index contributed by atoms with van der Waals surface area (Å²) >= 11 is 0. The number of rotatable bonds is 7. The number of hydrogen-bond donors (Lipinski definition) is 1. The Hall–Kier alpha value is -2.41. The molecule has 3 aliphatic rings. The molecule has 0 aromatic heterocycles. The van der Waals surface area contributed by atoms with Gasteiger partial charge in [0.1, 0.15) is 0 Å². The second-order valence-corrected chi connectivity index (χ2v) is 9.38. The number of ether oxygens (including phenoxy) is 8. The van der Waals surface area contributed by atoms with Crippen LogP contribution in [0.3, 0.4) is 0 Å². The number of aliphatic hydroxyl groups is 1. The lowest BCUT2D eigenvalue weighted by atomic mass is 9.80. The van der Waals surface area contributed by atoms with Crippen molar-refractivity contribution in [2.45, 2.75) is 32.0 Å². The zero-order valence-corrected chi connectivity index (χ0v) is 22.7. The highest BCUT2D eigenvalue weighted by atomic mass is 16.7. The van der Waals surface area contributed by atoms with Crippen LogP contribution in [-0.4, -0.2) is 108 Å². The van der Waals surface area contributed by atoms with Crippen LogP contribution >= 0.6 is 0 Å². The van der Waals surface area contributed by atoms with Gasteiger partial charge in [0.05, 0.1) is 52.9 Å². The summed E-state index contributed by atoms with van der Waals surface area (Å²) in [4.78, 5) is 15.5. The standard InChI is InChI=1S/C28H41NO10/c1-2-36-28-22(4-3-9-30)23(21-5-6-24-25(18-21)38-20-37-24)19-26(39-28)27(31)29-7-10-32-12-14-34-16-17-35-15-13-33-11-8-29/h5-6,18-19,22-23,28,30H,2-4,7-17,20H2,1H3/t22-,23-,28-/m1/s1. The van der Waals surface area contributed by atoms with Gasteiger partial charge in [0.15, 0.2) is 17.3 Å². The quantitative estimate of drug-likeness (QED) is 0.540. The van der Waals surface area contributed by atoms with Crippen molar-refractivity contribution in [2.75, 3.05) is 86.0 Å². The maximum atomic E-state index is 13.8. The molecule has 1 fully saturated rings. The molecular formula is C28H41NO10. The summed E-state index contributed by atoms with van der Waals surface area (Å²) in [6.45, 7) is 6.83. The van der Waals surface area contributed by atoms with Gasteiger partial charge in [0.25, 0.3) is 5.91 Å². The Bertz CT molecular complexity index is 910. The fourth-order valence-corrected chi connectivity index (χ4v) is 4.84. The van der Waals surface area contributed by atoms with E-state index in [0.717, 1.165) is 5.56 Å². The van der Waals surface area contributed by atoms with Gasteiger partial charge in [0, 0.05) is 38.1 Å². The predicted octanol–water partition coefficient (Wildman–Crippen LogP) is 2.07. The number of nitrogens with zero attached hydrogens (tertiary/aromatic N) is 1. The smallest absolute Gasteiger partial charge is 0.288 e. The number of benzene rings is 1. The summed E-state index contributed by atoms with van der Waals surface area (Å²) in [7, 11) is 0. The van der Waals surface area contributed by atoms with Crippen LogP contribution in [0.1, 0.15) is 31.2 Å². The molecule has 3 heterocycles. The molecule has 1 aromatic rings. The third kappa shape index (κ3) is 8.54. The van der Waals surface area contributed by atoms with E-state index in [2.05, 4.69) is 0 Å². The Morgan fingerprint density at radius 1 is 0.949 bits per heavy atom. The van der Waals surface area contributed by atoms with Crippen LogP contribution < -0.4 is 9.47 Å². The molecule has 1 N–H and O–H groups in total. The van der Waals surface area contributed by atoms with E-state index in [-0.39, 0.29) is 36.9 Å². The summed E-state index contributed by atoms with van der Waals surface area (Å²) in [5.41, 5.74) is 0.962. The molecule has 1 amide bonds. The zero-order chi connectivity index (χ0) is 27.3. The van der Waals surface area contributed by atoms with Crippen molar-refractivity contribution in [1.82, 2.24) is 4.90 Å². The minimum absolute atomic E-state index is 0.0581. The second kappa shape index (κ2) is 16.0. The van der Waals surface area contributed by atoms with Crippen LogP contribution in [0.4, 0.5) is 0 Å². The van der Waals surface area contributed by atoms with Gasteiger partial charge in [-0.05, 0) is 43.5 Å². The first-order valence-electron chi connectivity index (χ1n) is 13.8. The van der Waals surface area contributed by atoms with Gasteiger partial charge in [-0.3, -0.25) is 4.79 Å². The lowest BCUT2D eigenvalue weighted by molar-refractivity contribution is -0.170. The fourth-order valence-electron chi connectivity index (χ4n) is 4.84. The van der Waals surface area contributed by atoms with Crippen molar-refractivity contribution in [3.05, 3.63) is 35.6 Å². The van der Waals surface area contributed by atoms with Gasteiger partial charge in [-0.25, -0.2) is 0 Å². The van der Waals surface area contributed by atoms with E-state index in [0.29, 0.717) is 96.9 Å². The fraction of sp³-hybridized carbons (Fsp3) is 0.679.